The average molecular weight is 224 g/mol. The number of aromatic nitrogens is 1. The molecule has 0 radical (unpaired) electrons. The lowest BCUT2D eigenvalue weighted by molar-refractivity contribution is 0.0740. The minimum atomic E-state index is -0.715. The van der Waals surface area contributed by atoms with Crippen molar-refractivity contribution in [1.29, 1.82) is 0 Å². The minimum absolute atomic E-state index is 0.0108. The highest BCUT2D eigenvalue weighted by Crippen LogP contribution is 2.16. The lowest BCUT2D eigenvalue weighted by Crippen LogP contribution is -2.35. The predicted octanol–water partition coefficient (Wildman–Crippen LogP) is 2.34. The van der Waals surface area contributed by atoms with Gasteiger partial charge in [-0.05, 0) is 17.5 Å². The molecule has 0 aliphatic heterocycles. The van der Waals surface area contributed by atoms with E-state index in [2.05, 4.69) is 4.98 Å². The summed E-state index contributed by atoms with van der Waals surface area (Å²) < 4.78 is 13.3. The Hall–Kier alpha value is -1.45. The second-order valence-electron chi connectivity index (χ2n) is 5.06. The summed E-state index contributed by atoms with van der Waals surface area (Å²) in [6.07, 6.45) is 1.33. The quantitative estimate of drug-likeness (QED) is 0.722. The smallest absolute Gasteiger partial charge is 0.258 e. The van der Waals surface area contributed by atoms with Crippen molar-refractivity contribution in [3.63, 3.8) is 0 Å². The molecule has 0 bridgehead atoms. The fourth-order valence-corrected chi connectivity index (χ4v) is 1.53. The van der Waals surface area contributed by atoms with E-state index in [0.717, 1.165) is 0 Å². The maximum atomic E-state index is 13.3. The number of carbonyl (C=O) groups is 1. The second-order valence-corrected chi connectivity index (χ2v) is 5.06. The molecule has 0 spiro atoms. The molecule has 0 unspecified atom stereocenters. The number of hydrogen-bond donors (Lipinski definition) is 0. The molecule has 1 amide bonds. The standard InChI is InChI=1S/C12H17FN2O/c1-12(2,3)8-15(4)11(16)9-6-5-7-14-10(9)13/h5-7H,8H2,1-4H3. The van der Waals surface area contributed by atoms with Crippen molar-refractivity contribution in [3.8, 4) is 0 Å². The first-order chi connectivity index (χ1) is 7.31. The minimum Gasteiger partial charge on any atom is -0.341 e. The molecular weight excluding hydrogens is 207 g/mol. The van der Waals surface area contributed by atoms with Crippen LogP contribution >= 0.6 is 0 Å². The number of rotatable bonds is 2. The zero-order chi connectivity index (χ0) is 12.3. The molecule has 1 rings (SSSR count). The van der Waals surface area contributed by atoms with Gasteiger partial charge < -0.3 is 4.90 Å². The van der Waals surface area contributed by atoms with Crippen LogP contribution in [0, 0.1) is 11.4 Å². The van der Waals surface area contributed by atoms with Crippen molar-refractivity contribution in [1.82, 2.24) is 9.88 Å². The molecule has 0 aliphatic carbocycles. The summed E-state index contributed by atoms with van der Waals surface area (Å²) in [6.45, 7) is 6.64. The van der Waals surface area contributed by atoms with Crippen LogP contribution in [-0.2, 0) is 0 Å². The first kappa shape index (κ1) is 12.6. The van der Waals surface area contributed by atoms with Crippen molar-refractivity contribution in [2.75, 3.05) is 13.6 Å². The SMILES string of the molecule is CN(CC(C)(C)C)C(=O)c1cccnc1F. The monoisotopic (exact) mass is 224 g/mol. The Morgan fingerprint density at radius 2 is 2.12 bits per heavy atom. The van der Waals surface area contributed by atoms with Crippen LogP contribution in [0.1, 0.15) is 31.1 Å². The van der Waals surface area contributed by atoms with Crippen LogP contribution in [-0.4, -0.2) is 29.4 Å². The third-order valence-electron chi connectivity index (χ3n) is 2.05. The van der Waals surface area contributed by atoms with Gasteiger partial charge in [0.15, 0.2) is 0 Å². The summed E-state index contributed by atoms with van der Waals surface area (Å²) >= 11 is 0. The lowest BCUT2D eigenvalue weighted by Gasteiger charge is -2.26. The Bertz CT molecular complexity index is 385. The highest BCUT2D eigenvalue weighted by molar-refractivity contribution is 5.93. The highest BCUT2D eigenvalue weighted by atomic mass is 19.1. The van der Waals surface area contributed by atoms with Crippen LogP contribution in [0.5, 0.6) is 0 Å². The topological polar surface area (TPSA) is 33.2 Å². The van der Waals surface area contributed by atoms with Gasteiger partial charge in [0, 0.05) is 19.8 Å². The number of pyridine rings is 1. The lowest BCUT2D eigenvalue weighted by atomic mass is 9.96. The van der Waals surface area contributed by atoms with Crippen molar-refractivity contribution in [2.24, 2.45) is 5.41 Å². The van der Waals surface area contributed by atoms with Gasteiger partial charge in [-0.25, -0.2) is 4.98 Å². The summed E-state index contributed by atoms with van der Waals surface area (Å²) in [5, 5.41) is 0. The predicted molar refractivity (Wildman–Crippen MR) is 60.6 cm³/mol. The molecule has 0 atom stereocenters. The van der Waals surface area contributed by atoms with Crippen LogP contribution in [0.25, 0.3) is 0 Å². The molecule has 1 aromatic rings. The Morgan fingerprint density at radius 3 is 2.62 bits per heavy atom. The second kappa shape index (κ2) is 4.60. The molecular formula is C12H17FN2O. The van der Waals surface area contributed by atoms with Gasteiger partial charge in [0.1, 0.15) is 0 Å². The van der Waals surface area contributed by atoms with Gasteiger partial charge in [-0.3, -0.25) is 4.79 Å². The molecule has 0 N–H and O–H groups in total. The molecule has 16 heavy (non-hydrogen) atoms. The Morgan fingerprint density at radius 1 is 1.50 bits per heavy atom. The van der Waals surface area contributed by atoms with Crippen molar-refractivity contribution in [2.45, 2.75) is 20.8 Å². The molecule has 3 nitrogen and oxygen atoms in total. The maximum absolute atomic E-state index is 13.3. The van der Waals surface area contributed by atoms with Gasteiger partial charge >= 0.3 is 0 Å². The normalized spacial score (nSPS) is 11.3. The first-order valence-electron chi connectivity index (χ1n) is 5.17. The largest absolute Gasteiger partial charge is 0.341 e. The van der Waals surface area contributed by atoms with E-state index in [1.54, 1.807) is 13.1 Å². The number of nitrogens with zero attached hydrogens (tertiary/aromatic N) is 2. The van der Waals surface area contributed by atoms with Crippen LogP contribution in [0.3, 0.4) is 0 Å². The molecule has 88 valence electrons. The Kier molecular flexibility index (Phi) is 3.62. The fourth-order valence-electron chi connectivity index (χ4n) is 1.53. The van der Waals surface area contributed by atoms with E-state index in [1.165, 1.54) is 17.2 Å². The first-order valence-corrected chi connectivity index (χ1v) is 5.17. The molecule has 0 saturated heterocycles. The number of hydrogen-bond acceptors (Lipinski definition) is 2. The number of halogens is 1. The molecule has 0 fully saturated rings. The van der Waals surface area contributed by atoms with Crippen LogP contribution in [0.15, 0.2) is 18.3 Å². The van der Waals surface area contributed by atoms with Gasteiger partial charge in [-0.2, -0.15) is 4.39 Å². The van der Waals surface area contributed by atoms with Gasteiger partial charge in [0.25, 0.3) is 5.91 Å². The highest BCUT2D eigenvalue weighted by Gasteiger charge is 2.21. The van der Waals surface area contributed by atoms with E-state index in [0.29, 0.717) is 6.54 Å². The zero-order valence-corrected chi connectivity index (χ0v) is 10.1. The Balaban J connectivity index is 2.83. The third-order valence-corrected chi connectivity index (χ3v) is 2.05. The van der Waals surface area contributed by atoms with E-state index in [1.807, 2.05) is 20.8 Å². The molecule has 1 aromatic heterocycles. The summed E-state index contributed by atoms with van der Waals surface area (Å²) in [4.78, 5) is 16.9. The summed E-state index contributed by atoms with van der Waals surface area (Å²) in [6, 6.07) is 3.01. The van der Waals surface area contributed by atoms with Crippen LogP contribution in [0.4, 0.5) is 4.39 Å². The average Bonchev–Trinajstić information content (AvgIpc) is 2.15. The molecule has 4 heteroatoms. The van der Waals surface area contributed by atoms with E-state index >= 15 is 0 Å². The molecule has 0 aliphatic rings. The van der Waals surface area contributed by atoms with E-state index < -0.39 is 5.95 Å². The van der Waals surface area contributed by atoms with Crippen LogP contribution < -0.4 is 0 Å². The third kappa shape index (κ3) is 3.29. The van der Waals surface area contributed by atoms with Gasteiger partial charge in [0.05, 0.1) is 5.56 Å². The van der Waals surface area contributed by atoms with E-state index in [9.17, 15) is 9.18 Å². The summed E-state index contributed by atoms with van der Waals surface area (Å²) in [5.41, 5.74) is 0.0116. The fraction of sp³-hybridized carbons (Fsp3) is 0.500. The number of carbonyl (C=O) groups excluding carboxylic acids is 1. The molecule has 0 saturated carbocycles. The van der Waals surface area contributed by atoms with Gasteiger partial charge in [0.2, 0.25) is 5.95 Å². The molecule has 0 aromatic carbocycles. The summed E-state index contributed by atoms with van der Waals surface area (Å²) in [5.74, 6) is -1.05. The zero-order valence-electron chi connectivity index (χ0n) is 10.1. The van der Waals surface area contributed by atoms with Crippen molar-refractivity contribution < 1.29 is 9.18 Å². The molecule has 1 heterocycles. The van der Waals surface area contributed by atoms with Crippen molar-refractivity contribution >= 4 is 5.91 Å². The van der Waals surface area contributed by atoms with E-state index in [-0.39, 0.29) is 16.9 Å². The van der Waals surface area contributed by atoms with E-state index in [4.69, 9.17) is 0 Å². The van der Waals surface area contributed by atoms with Gasteiger partial charge in [-0.1, -0.05) is 20.8 Å². The number of amides is 1. The van der Waals surface area contributed by atoms with Crippen LogP contribution in [0.2, 0.25) is 0 Å². The Labute approximate surface area is 95.3 Å². The van der Waals surface area contributed by atoms with Gasteiger partial charge in [-0.15, -0.1) is 0 Å². The van der Waals surface area contributed by atoms with Crippen molar-refractivity contribution in [3.05, 3.63) is 29.8 Å². The summed E-state index contributed by atoms with van der Waals surface area (Å²) in [7, 11) is 1.67. The maximum Gasteiger partial charge on any atom is 0.258 e.